The van der Waals surface area contributed by atoms with Gasteiger partial charge in [0.15, 0.2) is 9.84 Å². The molecule has 1 aromatic carbocycles. The molecule has 0 saturated heterocycles. The van der Waals surface area contributed by atoms with Gasteiger partial charge in [-0.3, -0.25) is 9.59 Å². The van der Waals surface area contributed by atoms with E-state index in [0.29, 0.717) is 24.0 Å². The highest BCUT2D eigenvalue weighted by molar-refractivity contribution is 7.89. The maximum absolute atomic E-state index is 13.1. The van der Waals surface area contributed by atoms with Crippen LogP contribution in [0.1, 0.15) is 31.4 Å². The number of rotatable bonds is 4. The lowest BCUT2D eigenvalue weighted by Gasteiger charge is -2.25. The van der Waals surface area contributed by atoms with E-state index < -0.39 is 9.84 Å². The molecule has 0 atom stereocenters. The second-order valence-electron chi connectivity index (χ2n) is 8.52. The van der Waals surface area contributed by atoms with Crippen LogP contribution in [0.3, 0.4) is 0 Å². The predicted octanol–water partition coefficient (Wildman–Crippen LogP) is 2.97. The van der Waals surface area contributed by atoms with Gasteiger partial charge in [-0.15, -0.1) is 0 Å². The molecule has 0 saturated carbocycles. The van der Waals surface area contributed by atoms with Gasteiger partial charge in [0, 0.05) is 48.6 Å². The molecule has 1 aliphatic heterocycles. The summed E-state index contributed by atoms with van der Waals surface area (Å²) >= 11 is 0. The number of carbonyl (C=O) groups excluding carboxylic acids is 1. The summed E-state index contributed by atoms with van der Waals surface area (Å²) in [6.07, 6.45) is 5.15. The Morgan fingerprint density at radius 1 is 1.23 bits per heavy atom. The smallest absolute Gasteiger partial charge is 0.274 e. The fraction of sp³-hybridized carbons (Fsp3) is 0.364. The average Bonchev–Trinajstić information content (AvgIpc) is 2.99. The summed E-state index contributed by atoms with van der Waals surface area (Å²) in [5.74, 6) is 0.110. The van der Waals surface area contributed by atoms with Crippen LogP contribution < -0.4 is 10.5 Å². The summed E-state index contributed by atoms with van der Waals surface area (Å²) in [7, 11) is -1.53. The minimum absolute atomic E-state index is 0.00371. The van der Waals surface area contributed by atoms with Crippen LogP contribution in [0.4, 0.5) is 5.69 Å². The lowest BCUT2D eigenvalue weighted by molar-refractivity contribution is -0.119. The lowest BCUT2D eigenvalue weighted by atomic mass is 9.99. The first-order valence-corrected chi connectivity index (χ1v) is 11.9. The number of H-pyrrole nitrogens is 1. The zero-order valence-electron chi connectivity index (χ0n) is 17.5. The number of pyridine rings is 1. The number of sulfone groups is 1. The normalized spacial score (nSPS) is 13.6. The number of carbonyl (C=O) groups is 1. The second-order valence-corrected chi connectivity index (χ2v) is 10.7. The van der Waals surface area contributed by atoms with Gasteiger partial charge in [-0.05, 0) is 29.2 Å². The molecule has 0 aliphatic carbocycles. The molecular weight excluding hydrogens is 402 g/mol. The highest BCUT2D eigenvalue weighted by Gasteiger charge is 2.28. The van der Waals surface area contributed by atoms with Gasteiger partial charge in [-0.2, -0.15) is 0 Å². The number of aromatic amines is 1. The van der Waals surface area contributed by atoms with Crippen molar-refractivity contribution in [2.24, 2.45) is 13.0 Å². The van der Waals surface area contributed by atoms with Crippen LogP contribution in [0.25, 0.3) is 22.0 Å². The van der Waals surface area contributed by atoms with Crippen LogP contribution >= 0.6 is 0 Å². The zero-order valence-corrected chi connectivity index (χ0v) is 18.3. The first-order valence-electron chi connectivity index (χ1n) is 9.86. The Labute approximate surface area is 175 Å². The van der Waals surface area contributed by atoms with Gasteiger partial charge in [0.1, 0.15) is 5.52 Å². The number of aromatic nitrogens is 2. The number of fused-ring (bicyclic) bond motifs is 2. The van der Waals surface area contributed by atoms with Gasteiger partial charge in [-0.25, -0.2) is 8.42 Å². The monoisotopic (exact) mass is 427 g/mol. The van der Waals surface area contributed by atoms with E-state index >= 15 is 0 Å². The second kappa shape index (κ2) is 7.12. The van der Waals surface area contributed by atoms with Gasteiger partial charge in [-0.1, -0.05) is 19.9 Å². The Kier molecular flexibility index (Phi) is 4.85. The van der Waals surface area contributed by atoms with Gasteiger partial charge >= 0.3 is 0 Å². The van der Waals surface area contributed by atoms with Gasteiger partial charge in [0.25, 0.3) is 5.56 Å². The first-order chi connectivity index (χ1) is 14.0. The Morgan fingerprint density at radius 2 is 1.97 bits per heavy atom. The molecule has 1 N–H and O–H groups in total. The van der Waals surface area contributed by atoms with Crippen molar-refractivity contribution in [1.82, 2.24) is 9.55 Å². The van der Waals surface area contributed by atoms with Crippen molar-refractivity contribution < 1.29 is 13.2 Å². The Balaban J connectivity index is 2.01. The summed E-state index contributed by atoms with van der Waals surface area (Å²) in [5, 5.41) is 0.788. The zero-order chi connectivity index (χ0) is 21.8. The van der Waals surface area contributed by atoms with E-state index in [2.05, 4.69) is 4.98 Å². The van der Waals surface area contributed by atoms with Crippen LogP contribution in [-0.4, -0.2) is 30.1 Å². The van der Waals surface area contributed by atoms with E-state index in [4.69, 9.17) is 0 Å². The molecule has 0 unspecified atom stereocenters. The first kappa shape index (κ1) is 20.4. The Hall–Kier alpha value is -2.87. The number of anilines is 1. The SMILES string of the molecule is CC(C)CC(=O)N1Cc2c[nH]c3c(=O)n(C)cc(c23)-c2cc(CS(C)(=O)=O)ccc21. The highest BCUT2D eigenvalue weighted by Crippen LogP contribution is 2.41. The molecule has 0 radical (unpaired) electrons. The number of benzene rings is 1. The van der Waals surface area contributed by atoms with Crippen molar-refractivity contribution in [1.29, 1.82) is 0 Å². The Morgan fingerprint density at radius 3 is 2.63 bits per heavy atom. The fourth-order valence-electron chi connectivity index (χ4n) is 4.13. The highest BCUT2D eigenvalue weighted by atomic mass is 32.2. The summed E-state index contributed by atoms with van der Waals surface area (Å²) in [6.45, 7) is 4.35. The van der Waals surface area contributed by atoms with E-state index in [-0.39, 0.29) is 23.1 Å². The van der Waals surface area contributed by atoms with Gasteiger partial charge < -0.3 is 14.5 Å². The number of hydrogen-bond donors (Lipinski definition) is 1. The third-order valence-corrected chi connectivity index (χ3v) is 6.23. The number of amides is 1. The predicted molar refractivity (Wildman–Crippen MR) is 118 cm³/mol. The molecule has 1 amide bonds. The topological polar surface area (TPSA) is 92.2 Å². The summed E-state index contributed by atoms with van der Waals surface area (Å²) in [5.41, 5.74) is 4.16. The number of hydrogen-bond acceptors (Lipinski definition) is 4. The number of aryl methyl sites for hydroxylation is 1. The molecule has 4 rings (SSSR count). The number of nitrogens with zero attached hydrogens (tertiary/aromatic N) is 2. The molecule has 7 nitrogen and oxygen atoms in total. The standard InChI is InChI=1S/C22H25N3O4S/c1-13(2)7-19(26)25-10-15-9-23-21-20(15)17(11-24(3)22(21)27)16-8-14(5-6-18(16)25)12-30(4,28)29/h5-6,8-9,11,13,23H,7,10,12H2,1-4H3. The maximum atomic E-state index is 13.1. The molecule has 3 aromatic rings. The van der Waals surface area contributed by atoms with E-state index in [9.17, 15) is 18.0 Å². The van der Waals surface area contributed by atoms with Crippen molar-refractivity contribution in [3.8, 4) is 11.1 Å². The lowest BCUT2D eigenvalue weighted by Crippen LogP contribution is -2.31. The molecule has 0 fully saturated rings. The molecule has 0 bridgehead atoms. The van der Waals surface area contributed by atoms with Gasteiger partial charge in [0.05, 0.1) is 18.0 Å². The summed E-state index contributed by atoms with van der Waals surface area (Å²) in [6, 6.07) is 5.41. The minimum Gasteiger partial charge on any atom is -0.356 e. The van der Waals surface area contributed by atoms with Crippen LogP contribution in [0, 0.1) is 5.92 Å². The van der Waals surface area contributed by atoms with E-state index in [1.54, 1.807) is 30.4 Å². The van der Waals surface area contributed by atoms with Crippen LogP contribution in [-0.2, 0) is 34.0 Å². The third-order valence-electron chi connectivity index (χ3n) is 5.37. The summed E-state index contributed by atoms with van der Waals surface area (Å²) < 4.78 is 25.2. The van der Waals surface area contributed by atoms with Crippen LogP contribution in [0.15, 0.2) is 35.4 Å². The number of nitrogens with one attached hydrogen (secondary N) is 1. The molecule has 30 heavy (non-hydrogen) atoms. The largest absolute Gasteiger partial charge is 0.356 e. The van der Waals surface area contributed by atoms with Crippen molar-refractivity contribution in [3.63, 3.8) is 0 Å². The van der Waals surface area contributed by atoms with Crippen LogP contribution in [0.2, 0.25) is 0 Å². The molecular formula is C22H25N3O4S. The van der Waals surface area contributed by atoms with Crippen molar-refractivity contribution in [2.75, 3.05) is 11.2 Å². The minimum atomic E-state index is -3.22. The molecule has 158 valence electrons. The summed E-state index contributed by atoms with van der Waals surface area (Å²) in [4.78, 5) is 30.6. The average molecular weight is 428 g/mol. The van der Waals surface area contributed by atoms with E-state index in [0.717, 1.165) is 27.8 Å². The molecule has 8 heteroatoms. The molecule has 2 aromatic heterocycles. The van der Waals surface area contributed by atoms with Crippen molar-refractivity contribution in [2.45, 2.75) is 32.6 Å². The van der Waals surface area contributed by atoms with Crippen molar-refractivity contribution in [3.05, 3.63) is 52.1 Å². The molecule has 0 spiro atoms. The van der Waals surface area contributed by atoms with E-state index in [1.807, 2.05) is 26.0 Å². The molecule has 3 heterocycles. The quantitative estimate of drug-likeness (QED) is 0.693. The van der Waals surface area contributed by atoms with E-state index in [1.165, 1.54) is 10.8 Å². The van der Waals surface area contributed by atoms with Crippen LogP contribution in [0.5, 0.6) is 0 Å². The maximum Gasteiger partial charge on any atom is 0.274 e. The van der Waals surface area contributed by atoms with Gasteiger partial charge in [0.2, 0.25) is 5.91 Å². The molecule has 1 aliphatic rings. The Bertz CT molecular complexity index is 1330. The van der Waals surface area contributed by atoms with Crippen molar-refractivity contribution >= 4 is 32.3 Å². The fourth-order valence-corrected chi connectivity index (χ4v) is 4.91. The third kappa shape index (κ3) is 3.56.